The van der Waals surface area contributed by atoms with Crippen LogP contribution in [0.3, 0.4) is 0 Å². The topological polar surface area (TPSA) is 68.0 Å². The Labute approximate surface area is 128 Å². The highest BCUT2D eigenvalue weighted by Gasteiger charge is 2.17. The number of carbonyl (C=O) groups is 1. The number of nitrogens with two attached hydrogens (primary N) is 1. The van der Waals surface area contributed by atoms with Gasteiger partial charge in [-0.25, -0.2) is 4.98 Å². The van der Waals surface area contributed by atoms with Crippen LogP contribution >= 0.6 is 23.7 Å². The molecule has 1 heterocycles. The standard InChI is InChI=1S/C14H17N3OS.ClH/c1-9(2)11-8-19-14(16-11)17-13(18)12(15)10-6-4-3-5-7-10;/h3-9,12H,15H2,1-2H3,(H,16,17,18);1H. The number of nitrogens with one attached hydrogen (secondary N) is 1. The first kappa shape index (κ1) is 16.6. The molecule has 0 radical (unpaired) electrons. The molecule has 0 fully saturated rings. The molecule has 1 aromatic heterocycles. The van der Waals surface area contributed by atoms with Gasteiger partial charge >= 0.3 is 0 Å². The third kappa shape index (κ3) is 4.03. The van der Waals surface area contributed by atoms with E-state index < -0.39 is 6.04 Å². The van der Waals surface area contributed by atoms with Crippen molar-refractivity contribution in [2.75, 3.05) is 5.32 Å². The Morgan fingerprint density at radius 2 is 1.95 bits per heavy atom. The van der Waals surface area contributed by atoms with Crippen molar-refractivity contribution >= 4 is 34.8 Å². The smallest absolute Gasteiger partial charge is 0.247 e. The summed E-state index contributed by atoms with van der Waals surface area (Å²) in [6.45, 7) is 4.13. The lowest BCUT2D eigenvalue weighted by molar-refractivity contribution is -0.117. The second-order valence-electron chi connectivity index (χ2n) is 4.61. The van der Waals surface area contributed by atoms with Crippen molar-refractivity contribution < 1.29 is 4.79 Å². The van der Waals surface area contributed by atoms with E-state index in [1.54, 1.807) is 0 Å². The van der Waals surface area contributed by atoms with Gasteiger partial charge in [-0.1, -0.05) is 44.2 Å². The van der Waals surface area contributed by atoms with E-state index in [4.69, 9.17) is 5.73 Å². The number of halogens is 1. The van der Waals surface area contributed by atoms with Crippen molar-refractivity contribution in [3.05, 3.63) is 47.0 Å². The van der Waals surface area contributed by atoms with Crippen LogP contribution in [0.2, 0.25) is 0 Å². The molecule has 1 atom stereocenters. The molecule has 0 aliphatic carbocycles. The molecule has 0 bridgehead atoms. The molecule has 6 heteroatoms. The van der Waals surface area contributed by atoms with Crippen LogP contribution in [0.4, 0.5) is 5.13 Å². The van der Waals surface area contributed by atoms with Gasteiger partial charge in [0, 0.05) is 5.38 Å². The summed E-state index contributed by atoms with van der Waals surface area (Å²) < 4.78 is 0. The van der Waals surface area contributed by atoms with Crippen molar-refractivity contribution in [1.82, 2.24) is 4.98 Å². The first-order valence-corrected chi connectivity index (χ1v) is 7.02. The van der Waals surface area contributed by atoms with Crippen LogP contribution in [0.25, 0.3) is 0 Å². The highest BCUT2D eigenvalue weighted by atomic mass is 35.5. The molecular formula is C14H18ClN3OS. The van der Waals surface area contributed by atoms with Crippen molar-refractivity contribution in [3.8, 4) is 0 Å². The predicted octanol–water partition coefficient (Wildman–Crippen LogP) is 3.33. The lowest BCUT2D eigenvalue weighted by Gasteiger charge is -2.10. The number of thiazole rings is 1. The van der Waals surface area contributed by atoms with Gasteiger partial charge in [-0.15, -0.1) is 23.7 Å². The highest BCUT2D eigenvalue weighted by Crippen LogP contribution is 2.22. The molecule has 1 amide bonds. The van der Waals surface area contributed by atoms with Gasteiger partial charge in [-0.2, -0.15) is 0 Å². The minimum absolute atomic E-state index is 0. The number of anilines is 1. The summed E-state index contributed by atoms with van der Waals surface area (Å²) in [5.74, 6) is 0.112. The van der Waals surface area contributed by atoms with E-state index in [2.05, 4.69) is 24.1 Å². The molecule has 0 spiro atoms. The first-order chi connectivity index (χ1) is 9.08. The Kier molecular flexibility index (Phi) is 6.13. The SMILES string of the molecule is CC(C)c1csc(NC(=O)C(N)c2ccccc2)n1.Cl. The van der Waals surface area contributed by atoms with Crippen molar-refractivity contribution in [2.24, 2.45) is 5.73 Å². The number of amides is 1. The largest absolute Gasteiger partial charge is 0.316 e. The maximum absolute atomic E-state index is 12.0. The molecule has 1 aromatic carbocycles. The molecule has 3 N–H and O–H groups in total. The van der Waals surface area contributed by atoms with Gasteiger partial charge in [0.25, 0.3) is 0 Å². The molecular weight excluding hydrogens is 294 g/mol. The molecule has 108 valence electrons. The Morgan fingerprint density at radius 1 is 1.30 bits per heavy atom. The number of carbonyl (C=O) groups excluding carboxylic acids is 1. The van der Waals surface area contributed by atoms with Crippen LogP contribution in [0.5, 0.6) is 0 Å². The zero-order valence-electron chi connectivity index (χ0n) is 11.4. The zero-order chi connectivity index (χ0) is 13.8. The van der Waals surface area contributed by atoms with E-state index in [0.29, 0.717) is 11.0 Å². The van der Waals surface area contributed by atoms with Crippen LogP contribution < -0.4 is 11.1 Å². The second-order valence-corrected chi connectivity index (χ2v) is 5.47. The molecule has 1 unspecified atom stereocenters. The van der Waals surface area contributed by atoms with Crippen LogP contribution in [0, 0.1) is 0 Å². The minimum Gasteiger partial charge on any atom is -0.316 e. The fraction of sp³-hybridized carbons (Fsp3) is 0.286. The van der Waals surface area contributed by atoms with Crippen LogP contribution in [-0.4, -0.2) is 10.9 Å². The first-order valence-electron chi connectivity index (χ1n) is 6.14. The van der Waals surface area contributed by atoms with Crippen LogP contribution in [0.1, 0.15) is 37.1 Å². The summed E-state index contributed by atoms with van der Waals surface area (Å²) in [7, 11) is 0. The van der Waals surface area contributed by atoms with Gasteiger partial charge in [-0.05, 0) is 11.5 Å². The number of rotatable bonds is 4. The summed E-state index contributed by atoms with van der Waals surface area (Å²) in [6.07, 6.45) is 0. The Morgan fingerprint density at radius 3 is 2.50 bits per heavy atom. The molecule has 0 saturated carbocycles. The number of hydrogen-bond acceptors (Lipinski definition) is 4. The number of aromatic nitrogens is 1. The van der Waals surface area contributed by atoms with Gasteiger partial charge < -0.3 is 11.1 Å². The summed E-state index contributed by atoms with van der Waals surface area (Å²) in [5.41, 5.74) is 7.69. The Bertz CT molecular complexity index is 557. The summed E-state index contributed by atoms with van der Waals surface area (Å²) in [6, 6.07) is 8.62. The molecule has 2 rings (SSSR count). The summed E-state index contributed by atoms with van der Waals surface area (Å²) >= 11 is 1.42. The predicted molar refractivity (Wildman–Crippen MR) is 85.5 cm³/mol. The number of hydrogen-bond donors (Lipinski definition) is 2. The fourth-order valence-electron chi connectivity index (χ4n) is 1.60. The normalized spacial score (nSPS) is 11.8. The molecule has 0 aliphatic rings. The zero-order valence-corrected chi connectivity index (χ0v) is 13.0. The van der Waals surface area contributed by atoms with Crippen molar-refractivity contribution in [3.63, 3.8) is 0 Å². The highest BCUT2D eigenvalue weighted by molar-refractivity contribution is 7.13. The van der Waals surface area contributed by atoms with Crippen molar-refractivity contribution in [1.29, 1.82) is 0 Å². The van der Waals surface area contributed by atoms with E-state index in [1.807, 2.05) is 35.7 Å². The van der Waals surface area contributed by atoms with E-state index in [0.717, 1.165) is 11.3 Å². The average molecular weight is 312 g/mol. The van der Waals surface area contributed by atoms with Gasteiger partial charge in [0.1, 0.15) is 6.04 Å². The maximum atomic E-state index is 12.0. The van der Waals surface area contributed by atoms with E-state index in [-0.39, 0.29) is 18.3 Å². The molecule has 20 heavy (non-hydrogen) atoms. The third-order valence-corrected chi connectivity index (χ3v) is 3.56. The number of benzene rings is 1. The Hall–Kier alpha value is -1.43. The van der Waals surface area contributed by atoms with Gasteiger partial charge in [-0.3, -0.25) is 4.79 Å². The van der Waals surface area contributed by atoms with Gasteiger partial charge in [0.05, 0.1) is 5.69 Å². The van der Waals surface area contributed by atoms with Gasteiger partial charge in [0.15, 0.2) is 5.13 Å². The minimum atomic E-state index is -0.674. The van der Waals surface area contributed by atoms with Crippen LogP contribution in [-0.2, 0) is 4.79 Å². The van der Waals surface area contributed by atoms with Crippen LogP contribution in [0.15, 0.2) is 35.7 Å². The van der Waals surface area contributed by atoms with E-state index in [1.165, 1.54) is 11.3 Å². The molecule has 0 saturated heterocycles. The fourth-order valence-corrected chi connectivity index (χ4v) is 2.48. The quantitative estimate of drug-likeness (QED) is 0.910. The summed E-state index contributed by atoms with van der Waals surface area (Å²) in [4.78, 5) is 16.4. The maximum Gasteiger partial charge on any atom is 0.247 e. The monoisotopic (exact) mass is 311 g/mol. The van der Waals surface area contributed by atoms with Crippen molar-refractivity contribution in [2.45, 2.75) is 25.8 Å². The molecule has 0 aliphatic heterocycles. The third-order valence-electron chi connectivity index (χ3n) is 2.78. The average Bonchev–Trinajstić information content (AvgIpc) is 2.87. The molecule has 4 nitrogen and oxygen atoms in total. The van der Waals surface area contributed by atoms with Gasteiger partial charge in [0.2, 0.25) is 5.91 Å². The molecule has 2 aromatic rings. The van der Waals surface area contributed by atoms with E-state index in [9.17, 15) is 4.79 Å². The second kappa shape index (κ2) is 7.38. The Balaban J connectivity index is 0.00000200. The van der Waals surface area contributed by atoms with E-state index >= 15 is 0 Å². The lowest BCUT2D eigenvalue weighted by atomic mass is 10.1. The lowest BCUT2D eigenvalue weighted by Crippen LogP contribution is -2.27. The summed E-state index contributed by atoms with van der Waals surface area (Å²) in [5, 5.41) is 5.31. The number of nitrogens with zero attached hydrogens (tertiary/aromatic N) is 1.